The minimum atomic E-state index is -0.220. The van der Waals surface area contributed by atoms with Gasteiger partial charge in [0.2, 0.25) is 0 Å². The number of amides is 1. The van der Waals surface area contributed by atoms with Crippen LogP contribution in [0.4, 0.5) is 4.79 Å². The van der Waals surface area contributed by atoms with Crippen LogP contribution < -0.4 is 5.73 Å². The van der Waals surface area contributed by atoms with E-state index in [0.29, 0.717) is 19.0 Å². The average molecular weight is 214 g/mol. The van der Waals surface area contributed by atoms with E-state index in [2.05, 4.69) is 0 Å². The second kappa shape index (κ2) is 5.95. The van der Waals surface area contributed by atoms with Crippen molar-refractivity contribution in [2.45, 2.75) is 38.7 Å². The van der Waals surface area contributed by atoms with E-state index in [1.54, 1.807) is 11.9 Å². The molecule has 0 aromatic heterocycles. The largest absolute Gasteiger partial charge is 0.446 e. The zero-order valence-corrected chi connectivity index (χ0v) is 9.74. The van der Waals surface area contributed by atoms with Crippen LogP contribution in [0.3, 0.4) is 0 Å². The van der Waals surface area contributed by atoms with Gasteiger partial charge in [-0.05, 0) is 32.7 Å². The summed E-state index contributed by atoms with van der Waals surface area (Å²) in [6.07, 6.45) is 4.22. The molecule has 0 spiro atoms. The zero-order valence-electron chi connectivity index (χ0n) is 9.74. The Bertz CT molecular complexity index is 209. The lowest BCUT2D eigenvalue weighted by molar-refractivity contribution is 0.0224. The first-order valence-electron chi connectivity index (χ1n) is 5.80. The molecule has 1 amide bonds. The predicted molar refractivity (Wildman–Crippen MR) is 59.6 cm³/mol. The number of carbonyl (C=O) groups is 1. The van der Waals surface area contributed by atoms with Crippen molar-refractivity contribution in [1.29, 1.82) is 0 Å². The molecule has 4 nitrogen and oxygen atoms in total. The second-order valence-corrected chi connectivity index (χ2v) is 4.22. The van der Waals surface area contributed by atoms with Gasteiger partial charge in [-0.1, -0.05) is 6.42 Å². The highest BCUT2D eigenvalue weighted by atomic mass is 16.6. The van der Waals surface area contributed by atoms with Gasteiger partial charge in [-0.2, -0.15) is 0 Å². The zero-order chi connectivity index (χ0) is 11.3. The summed E-state index contributed by atoms with van der Waals surface area (Å²) in [7, 11) is 1.75. The highest BCUT2D eigenvalue weighted by Gasteiger charge is 2.27. The van der Waals surface area contributed by atoms with Crippen molar-refractivity contribution in [3.05, 3.63) is 0 Å². The summed E-state index contributed by atoms with van der Waals surface area (Å²) >= 11 is 0. The van der Waals surface area contributed by atoms with Crippen LogP contribution in [0.1, 0.15) is 32.6 Å². The van der Waals surface area contributed by atoms with Gasteiger partial charge in [0.1, 0.15) is 6.10 Å². The van der Waals surface area contributed by atoms with Crippen molar-refractivity contribution in [1.82, 2.24) is 4.90 Å². The van der Waals surface area contributed by atoms with Gasteiger partial charge in [0.15, 0.2) is 0 Å². The fourth-order valence-corrected chi connectivity index (χ4v) is 1.95. The summed E-state index contributed by atoms with van der Waals surface area (Å²) in [5.74, 6) is 0.355. The minimum absolute atomic E-state index is 0.0326. The lowest BCUT2D eigenvalue weighted by atomic mass is 9.86. The van der Waals surface area contributed by atoms with Crippen LogP contribution in [0.5, 0.6) is 0 Å². The smallest absolute Gasteiger partial charge is 0.409 e. The van der Waals surface area contributed by atoms with Gasteiger partial charge < -0.3 is 15.4 Å². The third kappa shape index (κ3) is 3.38. The third-order valence-corrected chi connectivity index (χ3v) is 3.18. The van der Waals surface area contributed by atoms with Gasteiger partial charge in [-0.25, -0.2) is 4.79 Å². The van der Waals surface area contributed by atoms with Crippen molar-refractivity contribution in [2.24, 2.45) is 11.7 Å². The first-order valence-corrected chi connectivity index (χ1v) is 5.80. The maximum absolute atomic E-state index is 11.6. The normalized spacial score (nSPS) is 26.1. The predicted octanol–water partition coefficient (Wildman–Crippen LogP) is 1.59. The molecule has 0 radical (unpaired) electrons. The number of rotatable bonds is 3. The van der Waals surface area contributed by atoms with E-state index in [4.69, 9.17) is 10.5 Å². The molecule has 0 bridgehead atoms. The molecular formula is C11H22N2O2. The number of ether oxygens (including phenoxy) is 1. The Morgan fingerprint density at radius 1 is 1.47 bits per heavy atom. The molecular weight excluding hydrogens is 192 g/mol. The van der Waals surface area contributed by atoms with E-state index in [9.17, 15) is 4.79 Å². The van der Waals surface area contributed by atoms with E-state index in [0.717, 1.165) is 19.3 Å². The molecule has 0 aliphatic heterocycles. The van der Waals surface area contributed by atoms with Crippen molar-refractivity contribution in [3.8, 4) is 0 Å². The topological polar surface area (TPSA) is 55.6 Å². The Hall–Kier alpha value is -0.770. The lowest BCUT2D eigenvalue weighted by Gasteiger charge is -2.31. The van der Waals surface area contributed by atoms with Crippen LogP contribution in [0.2, 0.25) is 0 Å². The molecule has 1 saturated carbocycles. The fraction of sp³-hybridized carbons (Fsp3) is 0.909. The Balaban J connectivity index is 2.44. The van der Waals surface area contributed by atoms with Crippen LogP contribution in [-0.4, -0.2) is 37.2 Å². The highest BCUT2D eigenvalue weighted by molar-refractivity contribution is 5.67. The molecule has 0 heterocycles. The molecule has 0 saturated heterocycles. The van der Waals surface area contributed by atoms with E-state index in [-0.39, 0.29) is 12.2 Å². The summed E-state index contributed by atoms with van der Waals surface area (Å²) in [4.78, 5) is 13.2. The number of nitrogens with two attached hydrogens (primary N) is 1. The molecule has 2 unspecified atom stereocenters. The second-order valence-electron chi connectivity index (χ2n) is 4.22. The van der Waals surface area contributed by atoms with Crippen LogP contribution >= 0.6 is 0 Å². The number of hydrogen-bond donors (Lipinski definition) is 1. The average Bonchev–Trinajstić information content (AvgIpc) is 2.28. The fourth-order valence-electron chi connectivity index (χ4n) is 1.95. The Kier molecular flexibility index (Phi) is 4.88. The molecule has 1 aliphatic rings. The van der Waals surface area contributed by atoms with E-state index in [1.165, 1.54) is 6.42 Å². The van der Waals surface area contributed by atoms with Gasteiger partial charge >= 0.3 is 6.09 Å². The first kappa shape index (κ1) is 12.3. The van der Waals surface area contributed by atoms with Crippen molar-refractivity contribution in [2.75, 3.05) is 20.1 Å². The summed E-state index contributed by atoms with van der Waals surface area (Å²) in [5, 5.41) is 0. The van der Waals surface area contributed by atoms with Crippen LogP contribution in [0, 0.1) is 5.92 Å². The molecule has 2 atom stereocenters. The molecule has 1 aliphatic carbocycles. The van der Waals surface area contributed by atoms with Crippen molar-refractivity contribution in [3.63, 3.8) is 0 Å². The third-order valence-electron chi connectivity index (χ3n) is 3.18. The summed E-state index contributed by atoms with van der Waals surface area (Å²) in [5.41, 5.74) is 5.67. The standard InChI is InChI=1S/C11H22N2O2/c1-3-13(2)11(14)15-10-7-5-4-6-9(10)8-12/h9-10H,3-8,12H2,1-2H3. The van der Waals surface area contributed by atoms with Crippen LogP contribution in [0.15, 0.2) is 0 Å². The van der Waals surface area contributed by atoms with Crippen LogP contribution in [0.25, 0.3) is 0 Å². The van der Waals surface area contributed by atoms with Crippen LogP contribution in [-0.2, 0) is 4.74 Å². The van der Waals surface area contributed by atoms with Gasteiger partial charge in [-0.3, -0.25) is 0 Å². The molecule has 4 heteroatoms. The molecule has 1 fully saturated rings. The molecule has 2 N–H and O–H groups in total. The van der Waals surface area contributed by atoms with Crippen molar-refractivity contribution < 1.29 is 9.53 Å². The molecule has 88 valence electrons. The van der Waals surface area contributed by atoms with E-state index in [1.807, 2.05) is 6.92 Å². The SMILES string of the molecule is CCN(C)C(=O)OC1CCCCC1CN. The highest BCUT2D eigenvalue weighted by Crippen LogP contribution is 2.26. The summed E-state index contributed by atoms with van der Waals surface area (Å²) in [6.45, 7) is 3.23. The number of hydrogen-bond acceptors (Lipinski definition) is 3. The van der Waals surface area contributed by atoms with Crippen molar-refractivity contribution >= 4 is 6.09 Å². The Morgan fingerprint density at radius 3 is 2.73 bits per heavy atom. The molecule has 0 aromatic carbocycles. The van der Waals surface area contributed by atoms with Gasteiger partial charge in [0, 0.05) is 19.5 Å². The Morgan fingerprint density at radius 2 is 2.13 bits per heavy atom. The lowest BCUT2D eigenvalue weighted by Crippen LogP contribution is -2.38. The van der Waals surface area contributed by atoms with E-state index >= 15 is 0 Å². The monoisotopic (exact) mass is 214 g/mol. The minimum Gasteiger partial charge on any atom is -0.446 e. The maximum Gasteiger partial charge on any atom is 0.409 e. The quantitative estimate of drug-likeness (QED) is 0.776. The number of carbonyl (C=O) groups excluding carboxylic acids is 1. The first-order chi connectivity index (χ1) is 7.19. The molecule has 15 heavy (non-hydrogen) atoms. The summed E-state index contributed by atoms with van der Waals surface area (Å²) < 4.78 is 5.45. The van der Waals surface area contributed by atoms with Gasteiger partial charge in [-0.15, -0.1) is 0 Å². The van der Waals surface area contributed by atoms with Gasteiger partial charge in [0.25, 0.3) is 0 Å². The van der Waals surface area contributed by atoms with E-state index < -0.39 is 0 Å². The number of nitrogens with zero attached hydrogens (tertiary/aromatic N) is 1. The molecule has 1 rings (SSSR count). The Labute approximate surface area is 91.8 Å². The van der Waals surface area contributed by atoms with Gasteiger partial charge in [0.05, 0.1) is 0 Å². The maximum atomic E-state index is 11.6. The molecule has 0 aromatic rings. The summed E-state index contributed by atoms with van der Waals surface area (Å²) in [6, 6.07) is 0.